The Kier molecular flexibility index (Phi) is 5.45. The monoisotopic (exact) mass is 307 g/mol. The van der Waals surface area contributed by atoms with Crippen molar-refractivity contribution in [1.82, 2.24) is 5.32 Å². The molecule has 104 valence electrons. The number of rotatable bonds is 5. The summed E-state index contributed by atoms with van der Waals surface area (Å²) in [6.45, 7) is 0.633. The van der Waals surface area contributed by atoms with E-state index in [0.717, 1.165) is 12.8 Å². The molecule has 0 unspecified atom stereocenters. The van der Waals surface area contributed by atoms with Crippen LogP contribution in [0.5, 0.6) is 0 Å². The van der Waals surface area contributed by atoms with Gasteiger partial charge in [0.2, 0.25) is 0 Å². The summed E-state index contributed by atoms with van der Waals surface area (Å²) in [4.78, 5) is 11.9. The molecule has 2 aromatic rings. The Labute approximate surface area is 128 Å². The number of hydrogen-bond acceptors (Lipinski definition) is 1. The molecule has 0 saturated carbocycles. The first kappa shape index (κ1) is 14.9. The third-order valence-corrected chi connectivity index (χ3v) is 3.69. The second kappa shape index (κ2) is 7.32. The standard InChI is InChI=1S/C16H15Cl2NO/c17-14-9-8-13(11-15(14)18)16(20)19-10-4-7-12-5-2-1-3-6-12/h1-3,5-6,8-9,11H,4,7,10H2,(H,19,20). The molecule has 0 aromatic heterocycles. The average molecular weight is 308 g/mol. The minimum absolute atomic E-state index is 0.128. The van der Waals surface area contributed by atoms with Crippen molar-refractivity contribution in [2.45, 2.75) is 12.8 Å². The van der Waals surface area contributed by atoms with Crippen molar-refractivity contribution in [3.63, 3.8) is 0 Å². The third kappa shape index (κ3) is 4.26. The molecule has 0 fully saturated rings. The summed E-state index contributed by atoms with van der Waals surface area (Å²) in [5.41, 5.74) is 1.80. The van der Waals surface area contributed by atoms with Gasteiger partial charge in [0.25, 0.3) is 5.91 Å². The van der Waals surface area contributed by atoms with Crippen molar-refractivity contribution in [3.05, 3.63) is 69.7 Å². The Morgan fingerprint density at radius 2 is 1.75 bits per heavy atom. The molecule has 0 heterocycles. The van der Waals surface area contributed by atoms with Crippen LogP contribution in [0.4, 0.5) is 0 Å². The van der Waals surface area contributed by atoms with Gasteiger partial charge in [-0.1, -0.05) is 53.5 Å². The fraction of sp³-hybridized carbons (Fsp3) is 0.188. The molecule has 2 nitrogen and oxygen atoms in total. The smallest absolute Gasteiger partial charge is 0.251 e. The van der Waals surface area contributed by atoms with Gasteiger partial charge in [-0.25, -0.2) is 0 Å². The van der Waals surface area contributed by atoms with Crippen LogP contribution >= 0.6 is 23.2 Å². The lowest BCUT2D eigenvalue weighted by Crippen LogP contribution is -2.24. The lowest BCUT2D eigenvalue weighted by molar-refractivity contribution is 0.0953. The molecular weight excluding hydrogens is 293 g/mol. The van der Waals surface area contributed by atoms with E-state index < -0.39 is 0 Å². The van der Waals surface area contributed by atoms with Crippen molar-refractivity contribution in [3.8, 4) is 0 Å². The highest BCUT2D eigenvalue weighted by atomic mass is 35.5. The fourth-order valence-corrected chi connectivity index (χ4v) is 2.18. The number of carbonyl (C=O) groups is 1. The zero-order valence-electron chi connectivity index (χ0n) is 10.9. The van der Waals surface area contributed by atoms with Gasteiger partial charge in [0.15, 0.2) is 0 Å². The fourth-order valence-electron chi connectivity index (χ4n) is 1.88. The number of amides is 1. The van der Waals surface area contributed by atoms with Gasteiger partial charge in [0, 0.05) is 12.1 Å². The summed E-state index contributed by atoms with van der Waals surface area (Å²) >= 11 is 11.7. The minimum atomic E-state index is -0.128. The molecular formula is C16H15Cl2NO. The van der Waals surface area contributed by atoms with Crippen LogP contribution in [0.25, 0.3) is 0 Å². The first-order chi connectivity index (χ1) is 9.66. The first-order valence-corrected chi connectivity index (χ1v) is 7.19. The van der Waals surface area contributed by atoms with Crippen molar-refractivity contribution in [1.29, 1.82) is 0 Å². The predicted molar refractivity (Wildman–Crippen MR) is 83.6 cm³/mol. The van der Waals surface area contributed by atoms with Crippen molar-refractivity contribution < 1.29 is 4.79 Å². The third-order valence-electron chi connectivity index (χ3n) is 2.95. The number of halogens is 2. The average Bonchev–Trinajstić information content (AvgIpc) is 2.47. The van der Waals surface area contributed by atoms with Crippen LogP contribution in [0.15, 0.2) is 48.5 Å². The molecule has 20 heavy (non-hydrogen) atoms. The molecule has 0 spiro atoms. The van der Waals surface area contributed by atoms with Gasteiger partial charge in [0.1, 0.15) is 0 Å². The van der Waals surface area contributed by atoms with Crippen molar-refractivity contribution in [2.75, 3.05) is 6.54 Å². The van der Waals surface area contributed by atoms with Crippen LogP contribution in [-0.2, 0) is 6.42 Å². The highest BCUT2D eigenvalue weighted by molar-refractivity contribution is 6.42. The van der Waals surface area contributed by atoms with Crippen LogP contribution < -0.4 is 5.32 Å². The lowest BCUT2D eigenvalue weighted by Gasteiger charge is -2.06. The van der Waals surface area contributed by atoms with Gasteiger partial charge < -0.3 is 5.32 Å². The van der Waals surface area contributed by atoms with Gasteiger partial charge in [0.05, 0.1) is 10.0 Å². The maximum Gasteiger partial charge on any atom is 0.251 e. The topological polar surface area (TPSA) is 29.1 Å². The molecule has 4 heteroatoms. The number of nitrogens with one attached hydrogen (secondary N) is 1. The summed E-state index contributed by atoms with van der Waals surface area (Å²) in [5.74, 6) is -0.128. The molecule has 0 aliphatic rings. The van der Waals surface area contributed by atoms with Crippen LogP contribution in [-0.4, -0.2) is 12.5 Å². The minimum Gasteiger partial charge on any atom is -0.352 e. The summed E-state index contributed by atoms with van der Waals surface area (Å²) in [7, 11) is 0. The summed E-state index contributed by atoms with van der Waals surface area (Å²) in [5, 5.41) is 3.72. The highest BCUT2D eigenvalue weighted by Crippen LogP contribution is 2.22. The van der Waals surface area contributed by atoms with Gasteiger partial charge in [-0.3, -0.25) is 4.79 Å². The number of benzene rings is 2. The summed E-state index contributed by atoms with van der Waals surface area (Å²) in [6.07, 6.45) is 1.85. The first-order valence-electron chi connectivity index (χ1n) is 6.44. The van der Waals surface area contributed by atoms with E-state index in [0.29, 0.717) is 22.2 Å². The molecule has 0 radical (unpaired) electrons. The highest BCUT2D eigenvalue weighted by Gasteiger charge is 2.07. The van der Waals surface area contributed by atoms with E-state index in [9.17, 15) is 4.79 Å². The molecule has 0 bridgehead atoms. The van der Waals surface area contributed by atoms with E-state index in [1.165, 1.54) is 5.56 Å². The normalized spacial score (nSPS) is 10.3. The van der Waals surface area contributed by atoms with E-state index in [1.807, 2.05) is 18.2 Å². The SMILES string of the molecule is O=C(NCCCc1ccccc1)c1ccc(Cl)c(Cl)c1. The molecule has 0 saturated heterocycles. The van der Waals surface area contributed by atoms with Gasteiger partial charge in [-0.2, -0.15) is 0 Å². The van der Waals surface area contributed by atoms with Crippen LogP contribution in [0.2, 0.25) is 10.0 Å². The second-order valence-corrected chi connectivity index (χ2v) is 5.29. The molecule has 2 aromatic carbocycles. The van der Waals surface area contributed by atoms with Crippen molar-refractivity contribution in [2.24, 2.45) is 0 Å². The van der Waals surface area contributed by atoms with Crippen LogP contribution in [0.3, 0.4) is 0 Å². The largest absolute Gasteiger partial charge is 0.352 e. The Hall–Kier alpha value is -1.51. The molecule has 0 aliphatic carbocycles. The van der Waals surface area contributed by atoms with Gasteiger partial charge >= 0.3 is 0 Å². The van der Waals surface area contributed by atoms with Gasteiger partial charge in [-0.15, -0.1) is 0 Å². The van der Waals surface area contributed by atoms with E-state index >= 15 is 0 Å². The Morgan fingerprint density at radius 1 is 1.00 bits per heavy atom. The predicted octanol–water partition coefficient (Wildman–Crippen LogP) is 4.36. The maximum absolute atomic E-state index is 11.9. The Balaban J connectivity index is 1.79. The van der Waals surface area contributed by atoms with Crippen LogP contribution in [0.1, 0.15) is 22.3 Å². The van der Waals surface area contributed by atoms with E-state index in [1.54, 1.807) is 18.2 Å². The molecule has 1 amide bonds. The van der Waals surface area contributed by atoms with Crippen molar-refractivity contribution >= 4 is 29.1 Å². The number of carbonyl (C=O) groups excluding carboxylic acids is 1. The van der Waals surface area contributed by atoms with E-state index in [2.05, 4.69) is 17.4 Å². The van der Waals surface area contributed by atoms with E-state index in [4.69, 9.17) is 23.2 Å². The maximum atomic E-state index is 11.9. The lowest BCUT2D eigenvalue weighted by atomic mass is 10.1. The quantitative estimate of drug-likeness (QED) is 0.817. The van der Waals surface area contributed by atoms with Gasteiger partial charge in [-0.05, 0) is 36.6 Å². The Bertz CT molecular complexity index is 584. The Morgan fingerprint density at radius 3 is 2.45 bits per heavy atom. The molecule has 0 aliphatic heterocycles. The zero-order chi connectivity index (χ0) is 14.4. The summed E-state index contributed by atoms with van der Waals surface area (Å²) < 4.78 is 0. The zero-order valence-corrected chi connectivity index (χ0v) is 12.4. The number of aryl methyl sites for hydroxylation is 1. The van der Waals surface area contributed by atoms with Crippen LogP contribution in [0, 0.1) is 0 Å². The van der Waals surface area contributed by atoms with E-state index in [-0.39, 0.29) is 5.91 Å². The molecule has 0 atom stereocenters. The second-order valence-electron chi connectivity index (χ2n) is 4.47. The number of hydrogen-bond donors (Lipinski definition) is 1. The molecule has 2 rings (SSSR count). The molecule has 1 N–H and O–H groups in total. The summed E-state index contributed by atoms with van der Waals surface area (Å²) in [6, 6.07) is 15.1.